The number of hydrogen-bond donors (Lipinski definition) is 2. The molecule has 6 heteroatoms. The first-order valence-corrected chi connectivity index (χ1v) is 5.53. The third kappa shape index (κ3) is 2.20. The lowest BCUT2D eigenvalue weighted by Gasteiger charge is -2.02. The van der Waals surface area contributed by atoms with E-state index in [1.54, 1.807) is 11.3 Å². The Hall–Kier alpha value is -1.17. The van der Waals surface area contributed by atoms with Crippen molar-refractivity contribution < 1.29 is 0 Å². The van der Waals surface area contributed by atoms with E-state index in [4.69, 9.17) is 0 Å². The number of nitrogens with zero attached hydrogens (tertiary/aromatic N) is 3. The van der Waals surface area contributed by atoms with E-state index in [0.29, 0.717) is 6.54 Å². The lowest BCUT2D eigenvalue weighted by atomic mass is 10.5. The molecule has 0 unspecified atom stereocenters. The van der Waals surface area contributed by atoms with Crippen molar-refractivity contribution in [3.63, 3.8) is 0 Å². The average Bonchev–Trinajstić information content (AvgIpc) is 2.86. The largest absolute Gasteiger partial charge is 0.355 e. The van der Waals surface area contributed by atoms with Crippen LogP contribution in [0.3, 0.4) is 0 Å². The molecule has 0 radical (unpaired) electrons. The predicted octanol–water partition coefficient (Wildman–Crippen LogP) is 0.149. The van der Waals surface area contributed by atoms with E-state index < -0.39 is 0 Å². The van der Waals surface area contributed by atoms with Gasteiger partial charge in [0.25, 0.3) is 0 Å². The number of nitrogens with one attached hydrogen (secondary N) is 2. The highest BCUT2D eigenvalue weighted by atomic mass is 32.1. The molecule has 0 spiro atoms. The van der Waals surface area contributed by atoms with Gasteiger partial charge in [-0.2, -0.15) is 0 Å². The van der Waals surface area contributed by atoms with Gasteiger partial charge in [0.05, 0.1) is 13.1 Å². The van der Waals surface area contributed by atoms with Crippen LogP contribution < -0.4 is 10.6 Å². The Morgan fingerprint density at radius 1 is 1.43 bits per heavy atom. The van der Waals surface area contributed by atoms with Crippen molar-refractivity contribution in [3.05, 3.63) is 10.0 Å². The Kier molecular flexibility index (Phi) is 2.93. The number of hydrogen-bond acceptors (Lipinski definition) is 6. The number of aromatic nitrogens is 2. The van der Waals surface area contributed by atoms with Gasteiger partial charge in [-0.05, 0) is 6.42 Å². The van der Waals surface area contributed by atoms with Crippen LogP contribution in [0.1, 0.15) is 16.9 Å². The molecule has 0 aliphatic carbocycles. The smallest absolute Gasteiger partial charge is 0.191 e. The van der Waals surface area contributed by atoms with Crippen molar-refractivity contribution in [3.8, 4) is 0 Å². The summed E-state index contributed by atoms with van der Waals surface area (Å²) in [6, 6.07) is 0. The van der Waals surface area contributed by atoms with E-state index in [1.165, 1.54) is 0 Å². The average molecular weight is 211 g/mol. The fraction of sp³-hybridized carbons (Fsp3) is 0.625. The minimum atomic E-state index is 0.712. The summed E-state index contributed by atoms with van der Waals surface area (Å²) in [5.41, 5.74) is 0. The molecular weight excluding hydrogens is 198 g/mol. The van der Waals surface area contributed by atoms with Gasteiger partial charge >= 0.3 is 0 Å². The summed E-state index contributed by atoms with van der Waals surface area (Å²) in [5.74, 6) is 0.873. The molecular formula is C8H13N5S. The molecule has 0 aromatic carbocycles. The molecule has 0 saturated heterocycles. The first-order valence-electron chi connectivity index (χ1n) is 4.72. The lowest BCUT2D eigenvalue weighted by molar-refractivity contribution is 0.835. The summed E-state index contributed by atoms with van der Waals surface area (Å²) in [4.78, 5) is 4.23. The highest BCUT2D eigenvalue weighted by molar-refractivity contribution is 7.11. The standard InChI is InChI=1S/C8H13N5S/c1-2-6-12-13-7(14-6)5-11-8-9-3-4-10-8/h2-5H2,1H3,(H2,9,10,11). The zero-order chi connectivity index (χ0) is 9.80. The summed E-state index contributed by atoms with van der Waals surface area (Å²) < 4.78 is 0. The predicted molar refractivity (Wildman–Crippen MR) is 56.4 cm³/mol. The lowest BCUT2D eigenvalue weighted by Crippen LogP contribution is -2.33. The number of aliphatic imine (C=N–C) groups is 1. The number of aryl methyl sites for hydroxylation is 1. The maximum atomic E-state index is 4.23. The Balaban J connectivity index is 1.85. The Labute approximate surface area is 86.7 Å². The van der Waals surface area contributed by atoms with E-state index in [-0.39, 0.29) is 0 Å². The van der Waals surface area contributed by atoms with Crippen molar-refractivity contribution in [2.24, 2.45) is 4.99 Å². The topological polar surface area (TPSA) is 62.2 Å². The van der Waals surface area contributed by atoms with E-state index in [9.17, 15) is 0 Å². The third-order valence-electron chi connectivity index (χ3n) is 1.89. The molecule has 14 heavy (non-hydrogen) atoms. The molecule has 1 aromatic rings. The van der Waals surface area contributed by atoms with Crippen LogP contribution in [-0.2, 0) is 13.0 Å². The first-order chi connectivity index (χ1) is 6.88. The van der Waals surface area contributed by atoms with Crippen molar-refractivity contribution in [1.29, 1.82) is 0 Å². The van der Waals surface area contributed by atoms with Gasteiger partial charge in [-0.25, -0.2) is 0 Å². The van der Waals surface area contributed by atoms with Crippen LogP contribution in [0.4, 0.5) is 0 Å². The van der Waals surface area contributed by atoms with Gasteiger partial charge in [-0.15, -0.1) is 10.2 Å². The van der Waals surface area contributed by atoms with Gasteiger partial charge in [0.1, 0.15) is 10.0 Å². The second-order valence-electron chi connectivity index (χ2n) is 2.95. The molecule has 0 fully saturated rings. The Morgan fingerprint density at radius 3 is 2.93 bits per heavy atom. The van der Waals surface area contributed by atoms with Crippen LogP contribution in [0.2, 0.25) is 0 Å². The van der Waals surface area contributed by atoms with Crippen LogP contribution in [-0.4, -0.2) is 29.2 Å². The zero-order valence-corrected chi connectivity index (χ0v) is 8.89. The highest BCUT2D eigenvalue weighted by Crippen LogP contribution is 2.09. The number of guanidine groups is 1. The second kappa shape index (κ2) is 4.36. The molecule has 76 valence electrons. The molecule has 2 N–H and O–H groups in total. The van der Waals surface area contributed by atoms with E-state index >= 15 is 0 Å². The monoisotopic (exact) mass is 211 g/mol. The Morgan fingerprint density at radius 2 is 2.29 bits per heavy atom. The first kappa shape index (κ1) is 9.39. The van der Waals surface area contributed by atoms with Crippen LogP contribution in [0, 0.1) is 0 Å². The quantitative estimate of drug-likeness (QED) is 0.747. The third-order valence-corrected chi connectivity index (χ3v) is 2.96. The summed E-state index contributed by atoms with van der Waals surface area (Å²) in [6.45, 7) is 4.58. The van der Waals surface area contributed by atoms with E-state index in [2.05, 4.69) is 32.7 Å². The maximum absolute atomic E-state index is 4.23. The summed E-state index contributed by atoms with van der Waals surface area (Å²) in [6.07, 6.45) is 0.955. The van der Waals surface area contributed by atoms with Crippen LogP contribution in [0.5, 0.6) is 0 Å². The van der Waals surface area contributed by atoms with Gasteiger partial charge in [0.2, 0.25) is 0 Å². The molecule has 0 saturated carbocycles. The van der Waals surface area contributed by atoms with Crippen LogP contribution in [0.15, 0.2) is 4.99 Å². The molecule has 0 atom stereocenters. The molecule has 2 heterocycles. The van der Waals surface area contributed by atoms with E-state index in [1.807, 2.05) is 0 Å². The minimum Gasteiger partial charge on any atom is -0.355 e. The highest BCUT2D eigenvalue weighted by Gasteiger charge is 2.06. The summed E-state index contributed by atoms with van der Waals surface area (Å²) in [5, 5.41) is 16.5. The van der Waals surface area contributed by atoms with E-state index in [0.717, 1.165) is 35.5 Å². The summed E-state index contributed by atoms with van der Waals surface area (Å²) >= 11 is 1.65. The molecule has 1 aromatic heterocycles. The molecule has 1 aliphatic rings. The summed E-state index contributed by atoms with van der Waals surface area (Å²) in [7, 11) is 0. The normalized spacial score (nSPS) is 15.1. The SMILES string of the molecule is CCc1nnc(CNC2=NCCN2)s1. The fourth-order valence-electron chi connectivity index (χ4n) is 1.18. The van der Waals surface area contributed by atoms with Crippen molar-refractivity contribution >= 4 is 17.3 Å². The molecule has 5 nitrogen and oxygen atoms in total. The van der Waals surface area contributed by atoms with Crippen molar-refractivity contribution in [1.82, 2.24) is 20.8 Å². The number of rotatable bonds is 3. The van der Waals surface area contributed by atoms with Gasteiger partial charge < -0.3 is 10.6 Å². The molecule has 0 amide bonds. The zero-order valence-electron chi connectivity index (χ0n) is 8.08. The second-order valence-corrected chi connectivity index (χ2v) is 4.10. The maximum Gasteiger partial charge on any atom is 0.191 e. The van der Waals surface area contributed by atoms with Gasteiger partial charge in [0, 0.05) is 6.54 Å². The van der Waals surface area contributed by atoms with Crippen LogP contribution >= 0.6 is 11.3 Å². The van der Waals surface area contributed by atoms with Gasteiger partial charge in [0.15, 0.2) is 5.96 Å². The van der Waals surface area contributed by atoms with Gasteiger partial charge in [-0.3, -0.25) is 4.99 Å². The van der Waals surface area contributed by atoms with Crippen molar-refractivity contribution in [2.45, 2.75) is 19.9 Å². The van der Waals surface area contributed by atoms with Gasteiger partial charge in [-0.1, -0.05) is 18.3 Å². The van der Waals surface area contributed by atoms with Crippen LogP contribution in [0.25, 0.3) is 0 Å². The van der Waals surface area contributed by atoms with Crippen molar-refractivity contribution in [2.75, 3.05) is 13.1 Å². The fourth-order valence-corrected chi connectivity index (χ4v) is 1.90. The molecule has 0 bridgehead atoms. The minimum absolute atomic E-state index is 0.712. The molecule has 2 rings (SSSR count). The molecule has 1 aliphatic heterocycles. The Bertz CT molecular complexity index is 332.